The van der Waals surface area contributed by atoms with Gasteiger partial charge in [0, 0.05) is 26.2 Å². The van der Waals surface area contributed by atoms with Crippen molar-refractivity contribution >= 4 is 5.91 Å². The molecular formula is C16H28N4O3. The molecule has 1 aliphatic heterocycles. The summed E-state index contributed by atoms with van der Waals surface area (Å²) in [5.74, 6) is 0.556. The zero-order valence-corrected chi connectivity index (χ0v) is 14.4. The number of aliphatic hydroxyl groups excluding tert-OH is 2. The van der Waals surface area contributed by atoms with E-state index in [1.54, 1.807) is 17.8 Å². The van der Waals surface area contributed by atoms with E-state index in [1.165, 1.54) is 0 Å². The fourth-order valence-corrected chi connectivity index (χ4v) is 3.34. The zero-order chi connectivity index (χ0) is 17.1. The summed E-state index contributed by atoms with van der Waals surface area (Å²) in [6, 6.07) is 1.51. The molecule has 1 aliphatic rings. The van der Waals surface area contributed by atoms with E-state index in [1.807, 2.05) is 6.92 Å². The number of aromatic nitrogens is 2. The Morgan fingerprint density at radius 3 is 2.52 bits per heavy atom. The van der Waals surface area contributed by atoms with Gasteiger partial charge in [-0.2, -0.15) is 5.10 Å². The molecule has 7 heteroatoms. The van der Waals surface area contributed by atoms with E-state index in [4.69, 9.17) is 0 Å². The van der Waals surface area contributed by atoms with Crippen LogP contribution in [-0.4, -0.2) is 69.2 Å². The first-order valence-electron chi connectivity index (χ1n) is 8.14. The summed E-state index contributed by atoms with van der Waals surface area (Å²) in [5, 5.41) is 26.1. The number of nitrogens with zero attached hydrogens (tertiary/aromatic N) is 3. The Morgan fingerprint density at radius 2 is 2.04 bits per heavy atom. The predicted octanol–water partition coefficient (Wildman–Crippen LogP) is -0.232. The summed E-state index contributed by atoms with van der Waals surface area (Å²) < 4.78 is 1.59. The first kappa shape index (κ1) is 17.9. The molecule has 0 spiro atoms. The highest BCUT2D eigenvalue weighted by atomic mass is 16.3. The van der Waals surface area contributed by atoms with Gasteiger partial charge >= 0.3 is 0 Å². The molecule has 0 radical (unpaired) electrons. The Labute approximate surface area is 137 Å². The van der Waals surface area contributed by atoms with Gasteiger partial charge in [0.25, 0.3) is 5.91 Å². The number of carbonyl (C=O) groups excluding carboxylic acids is 1. The summed E-state index contributed by atoms with van der Waals surface area (Å²) >= 11 is 0. The molecule has 0 aromatic carbocycles. The second-order valence-corrected chi connectivity index (χ2v) is 6.76. The minimum absolute atomic E-state index is 0.00157. The molecule has 2 heterocycles. The maximum Gasteiger partial charge on any atom is 0.269 e. The Bertz CT molecular complexity index is 539. The molecule has 0 saturated carbocycles. The maximum absolute atomic E-state index is 12.5. The third-order valence-corrected chi connectivity index (χ3v) is 4.74. The molecule has 0 unspecified atom stereocenters. The third-order valence-electron chi connectivity index (χ3n) is 4.74. The number of carbonyl (C=O) groups is 1. The Kier molecular flexibility index (Phi) is 5.78. The standard InChI is InChI=1S/C16H28N4O3/c1-10(2)13-6-20(12(8-21)9-22)7-14(13)17-16(23)15-5-11(3)18-19(15)4/h5,10,12-14,21-22H,6-9H2,1-4H3,(H,17,23)/t13-,14+/m1/s1. The van der Waals surface area contributed by atoms with Crippen molar-refractivity contribution in [2.24, 2.45) is 18.9 Å². The summed E-state index contributed by atoms with van der Waals surface area (Å²) in [5.41, 5.74) is 1.36. The number of nitrogens with one attached hydrogen (secondary N) is 1. The van der Waals surface area contributed by atoms with Crippen molar-refractivity contribution in [2.75, 3.05) is 26.3 Å². The van der Waals surface area contributed by atoms with Crippen LogP contribution in [0.15, 0.2) is 6.07 Å². The smallest absolute Gasteiger partial charge is 0.269 e. The van der Waals surface area contributed by atoms with Crippen LogP contribution >= 0.6 is 0 Å². The van der Waals surface area contributed by atoms with Gasteiger partial charge in [0.05, 0.1) is 24.9 Å². The van der Waals surface area contributed by atoms with Crippen molar-refractivity contribution < 1.29 is 15.0 Å². The molecular weight excluding hydrogens is 296 g/mol. The van der Waals surface area contributed by atoms with Gasteiger partial charge in [-0.3, -0.25) is 14.4 Å². The Hall–Kier alpha value is -1.44. The largest absolute Gasteiger partial charge is 0.395 e. The molecule has 0 aliphatic carbocycles. The van der Waals surface area contributed by atoms with Gasteiger partial charge in [-0.05, 0) is 24.8 Å². The van der Waals surface area contributed by atoms with Gasteiger partial charge in [-0.15, -0.1) is 0 Å². The van der Waals surface area contributed by atoms with E-state index in [9.17, 15) is 15.0 Å². The fraction of sp³-hybridized carbons (Fsp3) is 0.750. The molecule has 1 aromatic heterocycles. The van der Waals surface area contributed by atoms with Crippen LogP contribution in [0, 0.1) is 18.8 Å². The number of rotatable bonds is 6. The Morgan fingerprint density at radius 1 is 1.39 bits per heavy atom. The van der Waals surface area contributed by atoms with Crippen molar-refractivity contribution in [1.82, 2.24) is 20.0 Å². The van der Waals surface area contributed by atoms with Gasteiger partial charge in [-0.1, -0.05) is 13.8 Å². The van der Waals surface area contributed by atoms with Gasteiger partial charge in [0.1, 0.15) is 5.69 Å². The lowest BCUT2D eigenvalue weighted by Gasteiger charge is -2.24. The van der Waals surface area contributed by atoms with Crippen LogP contribution in [0.2, 0.25) is 0 Å². The summed E-state index contributed by atoms with van der Waals surface area (Å²) in [4.78, 5) is 14.6. The van der Waals surface area contributed by atoms with E-state index < -0.39 is 0 Å². The number of aryl methyl sites for hydroxylation is 2. The number of amides is 1. The van der Waals surface area contributed by atoms with Crippen LogP contribution in [0.1, 0.15) is 30.0 Å². The second kappa shape index (κ2) is 7.42. The van der Waals surface area contributed by atoms with Crippen molar-refractivity contribution in [3.8, 4) is 0 Å². The van der Waals surface area contributed by atoms with E-state index in [0.717, 1.165) is 12.2 Å². The van der Waals surface area contributed by atoms with Gasteiger partial charge in [-0.25, -0.2) is 0 Å². The van der Waals surface area contributed by atoms with E-state index >= 15 is 0 Å². The maximum atomic E-state index is 12.5. The molecule has 2 rings (SSSR count). The van der Waals surface area contributed by atoms with Crippen LogP contribution in [0.25, 0.3) is 0 Å². The summed E-state index contributed by atoms with van der Waals surface area (Å²) in [7, 11) is 1.76. The molecule has 1 aromatic rings. The molecule has 3 N–H and O–H groups in total. The molecule has 2 atom stereocenters. The van der Waals surface area contributed by atoms with Crippen molar-refractivity contribution in [3.63, 3.8) is 0 Å². The molecule has 1 fully saturated rings. The lowest BCUT2D eigenvalue weighted by atomic mass is 9.91. The third kappa shape index (κ3) is 3.91. The lowest BCUT2D eigenvalue weighted by Crippen LogP contribution is -2.44. The number of hydrogen-bond donors (Lipinski definition) is 3. The molecule has 1 saturated heterocycles. The first-order valence-corrected chi connectivity index (χ1v) is 8.14. The van der Waals surface area contributed by atoms with Crippen molar-refractivity contribution in [1.29, 1.82) is 0 Å². The number of hydrogen-bond acceptors (Lipinski definition) is 5. The predicted molar refractivity (Wildman–Crippen MR) is 87.1 cm³/mol. The SMILES string of the molecule is Cc1cc(C(=O)N[C@H]2CN(C(CO)CO)C[C@@H]2C(C)C)n(C)n1. The minimum Gasteiger partial charge on any atom is -0.395 e. The van der Waals surface area contributed by atoms with Gasteiger partial charge < -0.3 is 15.5 Å². The summed E-state index contributed by atoms with van der Waals surface area (Å²) in [6.07, 6.45) is 0. The molecule has 130 valence electrons. The van der Waals surface area contributed by atoms with Crippen LogP contribution in [0.4, 0.5) is 0 Å². The van der Waals surface area contributed by atoms with Gasteiger partial charge in [0.2, 0.25) is 0 Å². The Balaban J connectivity index is 2.10. The number of aliphatic hydroxyl groups is 2. The highest BCUT2D eigenvalue weighted by Gasteiger charge is 2.38. The van der Waals surface area contributed by atoms with Crippen molar-refractivity contribution in [3.05, 3.63) is 17.5 Å². The topological polar surface area (TPSA) is 90.6 Å². The average Bonchev–Trinajstić information content (AvgIpc) is 3.04. The van der Waals surface area contributed by atoms with Crippen LogP contribution in [-0.2, 0) is 7.05 Å². The number of likely N-dealkylation sites (tertiary alicyclic amines) is 1. The van der Waals surface area contributed by atoms with Crippen LogP contribution in [0.5, 0.6) is 0 Å². The normalized spacial score (nSPS) is 22.3. The van der Waals surface area contributed by atoms with E-state index in [-0.39, 0.29) is 37.1 Å². The van der Waals surface area contributed by atoms with Gasteiger partial charge in [0.15, 0.2) is 0 Å². The van der Waals surface area contributed by atoms with Crippen LogP contribution in [0.3, 0.4) is 0 Å². The average molecular weight is 324 g/mol. The monoisotopic (exact) mass is 324 g/mol. The molecule has 7 nitrogen and oxygen atoms in total. The molecule has 0 bridgehead atoms. The fourth-order valence-electron chi connectivity index (χ4n) is 3.34. The minimum atomic E-state index is -0.267. The highest BCUT2D eigenvalue weighted by Crippen LogP contribution is 2.26. The zero-order valence-electron chi connectivity index (χ0n) is 14.4. The second-order valence-electron chi connectivity index (χ2n) is 6.76. The van der Waals surface area contributed by atoms with Crippen LogP contribution < -0.4 is 5.32 Å². The quantitative estimate of drug-likeness (QED) is 0.672. The van der Waals surface area contributed by atoms with E-state index in [0.29, 0.717) is 18.2 Å². The molecule has 1 amide bonds. The van der Waals surface area contributed by atoms with E-state index in [2.05, 4.69) is 29.2 Å². The highest BCUT2D eigenvalue weighted by molar-refractivity contribution is 5.92. The van der Waals surface area contributed by atoms with Crippen molar-refractivity contribution in [2.45, 2.75) is 32.9 Å². The lowest BCUT2D eigenvalue weighted by molar-refractivity contribution is 0.0847. The molecule has 23 heavy (non-hydrogen) atoms. The summed E-state index contributed by atoms with van der Waals surface area (Å²) in [6.45, 7) is 7.36. The first-order chi connectivity index (χ1) is 10.9.